The number of carbonyl (C=O) groups excluding carboxylic acids is 1. The summed E-state index contributed by atoms with van der Waals surface area (Å²) in [6.07, 6.45) is -2.57. The van der Waals surface area contributed by atoms with Crippen LogP contribution in [0, 0.1) is 0 Å². The molecule has 1 aromatic carbocycles. The van der Waals surface area contributed by atoms with Gasteiger partial charge in [-0.05, 0) is 24.3 Å². The zero-order valence-corrected chi connectivity index (χ0v) is 8.45. The van der Waals surface area contributed by atoms with Crippen molar-refractivity contribution in [3.8, 4) is 0 Å². The van der Waals surface area contributed by atoms with E-state index in [-0.39, 0.29) is 0 Å². The number of rotatable bonds is 5. The minimum absolute atomic E-state index is 0.394. The molecule has 0 atom stereocenters. The highest BCUT2D eigenvalue weighted by atomic mass is 19.3. The maximum atomic E-state index is 11.7. The quantitative estimate of drug-likeness (QED) is 0.753. The number of benzene rings is 1. The highest BCUT2D eigenvalue weighted by Gasteiger charge is 2.06. The first-order chi connectivity index (χ1) is 7.58. The number of nitrogens with one attached hydrogen (secondary N) is 1. The van der Waals surface area contributed by atoms with Gasteiger partial charge in [0, 0.05) is 11.4 Å². The molecule has 0 saturated carbocycles. The maximum absolute atomic E-state index is 11.7. The van der Waals surface area contributed by atoms with E-state index < -0.39 is 25.5 Å². The second-order valence-electron chi connectivity index (χ2n) is 3.08. The van der Waals surface area contributed by atoms with Gasteiger partial charge in [0.15, 0.2) is 0 Å². The number of anilines is 2. The Kier molecular flexibility index (Phi) is 4.65. The van der Waals surface area contributed by atoms with Crippen LogP contribution >= 0.6 is 0 Å². The Labute approximate surface area is 91.4 Å². The van der Waals surface area contributed by atoms with E-state index in [1.165, 1.54) is 0 Å². The van der Waals surface area contributed by atoms with Gasteiger partial charge in [0.2, 0.25) is 5.91 Å². The van der Waals surface area contributed by atoms with Crippen molar-refractivity contribution >= 4 is 17.3 Å². The normalized spacial score (nSPS) is 10.4. The van der Waals surface area contributed by atoms with E-state index in [9.17, 15) is 13.6 Å². The van der Waals surface area contributed by atoms with Crippen LogP contribution in [0.1, 0.15) is 0 Å². The Morgan fingerprint density at radius 3 is 2.56 bits per heavy atom. The largest absolute Gasteiger partial charge is 0.399 e. The summed E-state index contributed by atoms with van der Waals surface area (Å²) < 4.78 is 27.8. The fourth-order valence-corrected chi connectivity index (χ4v) is 1.00. The zero-order valence-electron chi connectivity index (χ0n) is 8.45. The monoisotopic (exact) mass is 230 g/mol. The van der Waals surface area contributed by atoms with Gasteiger partial charge in [-0.3, -0.25) is 4.79 Å². The Balaban J connectivity index is 2.31. The van der Waals surface area contributed by atoms with Crippen LogP contribution in [0.2, 0.25) is 0 Å². The molecule has 4 nitrogen and oxygen atoms in total. The lowest BCUT2D eigenvalue weighted by atomic mass is 10.3. The zero-order chi connectivity index (χ0) is 12.0. The van der Waals surface area contributed by atoms with Gasteiger partial charge in [-0.25, -0.2) is 8.78 Å². The molecule has 6 heteroatoms. The summed E-state index contributed by atoms with van der Waals surface area (Å²) in [5, 5.41) is 2.48. The summed E-state index contributed by atoms with van der Waals surface area (Å²) in [4.78, 5) is 11.2. The van der Waals surface area contributed by atoms with Crippen LogP contribution in [-0.4, -0.2) is 25.5 Å². The van der Waals surface area contributed by atoms with Crippen LogP contribution < -0.4 is 11.1 Å². The van der Waals surface area contributed by atoms with Crippen LogP contribution in [0.5, 0.6) is 0 Å². The Bertz CT molecular complexity index is 341. The van der Waals surface area contributed by atoms with Gasteiger partial charge in [-0.15, -0.1) is 0 Å². The average Bonchev–Trinajstić information content (AvgIpc) is 2.21. The first-order valence-corrected chi connectivity index (χ1v) is 4.59. The predicted octanol–water partition coefficient (Wildman–Crippen LogP) is 1.49. The van der Waals surface area contributed by atoms with Crippen molar-refractivity contribution in [2.75, 3.05) is 24.3 Å². The highest BCUT2D eigenvalue weighted by molar-refractivity contribution is 5.91. The van der Waals surface area contributed by atoms with E-state index in [1.54, 1.807) is 24.3 Å². The fourth-order valence-electron chi connectivity index (χ4n) is 1.00. The van der Waals surface area contributed by atoms with Crippen molar-refractivity contribution < 1.29 is 18.3 Å². The number of hydrogen-bond acceptors (Lipinski definition) is 3. The van der Waals surface area contributed by atoms with Crippen LogP contribution in [-0.2, 0) is 9.53 Å². The van der Waals surface area contributed by atoms with Gasteiger partial charge in [0.1, 0.15) is 13.2 Å². The number of hydrogen-bond donors (Lipinski definition) is 2. The molecule has 0 heterocycles. The smallest absolute Gasteiger partial charge is 0.261 e. The lowest BCUT2D eigenvalue weighted by Crippen LogP contribution is -2.20. The number of carbonyl (C=O) groups is 1. The number of nitrogen functional groups attached to an aromatic ring is 1. The van der Waals surface area contributed by atoms with Gasteiger partial charge in [0.25, 0.3) is 6.43 Å². The summed E-state index contributed by atoms with van der Waals surface area (Å²) in [6, 6.07) is 6.46. The van der Waals surface area contributed by atoms with E-state index in [4.69, 9.17) is 5.73 Å². The molecular weight excluding hydrogens is 218 g/mol. The molecule has 88 valence electrons. The van der Waals surface area contributed by atoms with E-state index >= 15 is 0 Å². The summed E-state index contributed by atoms with van der Waals surface area (Å²) in [5.74, 6) is -0.481. The lowest BCUT2D eigenvalue weighted by Gasteiger charge is -2.06. The first-order valence-electron chi connectivity index (χ1n) is 4.59. The van der Waals surface area contributed by atoms with Gasteiger partial charge < -0.3 is 15.8 Å². The lowest BCUT2D eigenvalue weighted by molar-refractivity contribution is -0.121. The van der Waals surface area contributed by atoms with Gasteiger partial charge in [-0.1, -0.05) is 0 Å². The molecule has 0 aromatic heterocycles. The fraction of sp³-hybridized carbons (Fsp3) is 0.300. The topological polar surface area (TPSA) is 64.3 Å². The first kappa shape index (κ1) is 12.4. The molecule has 1 rings (SSSR count). The SMILES string of the molecule is Nc1ccc(NC(=O)COCC(F)F)cc1. The molecule has 1 aromatic rings. The Morgan fingerprint density at radius 2 is 2.00 bits per heavy atom. The Morgan fingerprint density at radius 1 is 1.38 bits per heavy atom. The third-order valence-corrected chi connectivity index (χ3v) is 1.67. The van der Waals surface area contributed by atoms with E-state index in [0.717, 1.165) is 0 Å². The average molecular weight is 230 g/mol. The van der Waals surface area contributed by atoms with Crippen LogP contribution in [0.3, 0.4) is 0 Å². The molecule has 0 radical (unpaired) electrons. The molecular formula is C10H12F2N2O2. The molecule has 0 fully saturated rings. The second-order valence-corrected chi connectivity index (χ2v) is 3.08. The molecule has 0 aliphatic heterocycles. The molecule has 1 amide bonds. The summed E-state index contributed by atoms with van der Waals surface area (Å²) in [7, 11) is 0. The molecule has 3 N–H and O–H groups in total. The molecule has 0 saturated heterocycles. The van der Waals surface area contributed by atoms with Crippen molar-refractivity contribution in [3.63, 3.8) is 0 Å². The molecule has 0 aliphatic carbocycles. The van der Waals surface area contributed by atoms with E-state index in [2.05, 4.69) is 10.1 Å². The maximum Gasteiger partial charge on any atom is 0.261 e. The second kappa shape index (κ2) is 6.02. The van der Waals surface area contributed by atoms with E-state index in [1.807, 2.05) is 0 Å². The molecule has 16 heavy (non-hydrogen) atoms. The number of nitrogens with two attached hydrogens (primary N) is 1. The summed E-state index contributed by atoms with van der Waals surface area (Å²) >= 11 is 0. The molecule has 0 spiro atoms. The van der Waals surface area contributed by atoms with Crippen molar-refractivity contribution in [3.05, 3.63) is 24.3 Å². The third-order valence-electron chi connectivity index (χ3n) is 1.67. The number of halogens is 2. The molecule has 0 bridgehead atoms. The molecule has 0 aliphatic rings. The van der Waals surface area contributed by atoms with Crippen LogP contribution in [0.25, 0.3) is 0 Å². The van der Waals surface area contributed by atoms with Crippen molar-refractivity contribution in [2.24, 2.45) is 0 Å². The predicted molar refractivity (Wildman–Crippen MR) is 56.3 cm³/mol. The minimum atomic E-state index is -2.57. The number of amides is 1. The van der Waals surface area contributed by atoms with Crippen LogP contribution in [0.15, 0.2) is 24.3 Å². The standard InChI is InChI=1S/C10H12F2N2O2/c11-9(12)5-16-6-10(15)14-8-3-1-7(13)2-4-8/h1-4,9H,5-6,13H2,(H,14,15). The number of alkyl halides is 2. The highest BCUT2D eigenvalue weighted by Crippen LogP contribution is 2.10. The van der Waals surface area contributed by atoms with Gasteiger partial charge >= 0.3 is 0 Å². The number of ether oxygens (including phenoxy) is 1. The third kappa shape index (κ3) is 4.70. The van der Waals surface area contributed by atoms with Gasteiger partial charge in [0.05, 0.1) is 0 Å². The van der Waals surface area contributed by atoms with Gasteiger partial charge in [-0.2, -0.15) is 0 Å². The van der Waals surface area contributed by atoms with Crippen molar-refractivity contribution in [1.82, 2.24) is 0 Å². The Hall–Kier alpha value is -1.69. The van der Waals surface area contributed by atoms with E-state index in [0.29, 0.717) is 11.4 Å². The molecule has 0 unspecified atom stereocenters. The summed E-state index contributed by atoms with van der Waals surface area (Å²) in [5.41, 5.74) is 6.57. The van der Waals surface area contributed by atoms with Crippen molar-refractivity contribution in [2.45, 2.75) is 6.43 Å². The van der Waals surface area contributed by atoms with Crippen LogP contribution in [0.4, 0.5) is 20.2 Å². The van der Waals surface area contributed by atoms with Crippen molar-refractivity contribution in [1.29, 1.82) is 0 Å². The summed E-state index contributed by atoms with van der Waals surface area (Å²) in [6.45, 7) is -1.14. The minimum Gasteiger partial charge on any atom is -0.399 e.